The van der Waals surface area contributed by atoms with Crippen LogP contribution in [0.5, 0.6) is 0 Å². The molecule has 2 aromatic carbocycles. The van der Waals surface area contributed by atoms with Crippen LogP contribution in [0, 0.1) is 0 Å². The topological polar surface area (TPSA) is 114 Å². The first-order valence-electron chi connectivity index (χ1n) is 17.2. The average molecular weight is 691 g/mol. The van der Waals surface area contributed by atoms with Crippen molar-refractivity contribution in [1.29, 1.82) is 0 Å². The third-order valence-corrected chi connectivity index (χ3v) is 9.96. The Morgan fingerprint density at radius 3 is 0.933 bits per heavy atom. The molecule has 0 bridgehead atoms. The van der Waals surface area contributed by atoms with Gasteiger partial charge in [-0.2, -0.15) is 0 Å². The molecule has 252 valence electrons. The largest absolute Gasteiger partial charge is 2.00 e. The molecule has 2 rings (SSSR count). The van der Waals surface area contributed by atoms with Gasteiger partial charge in [-0.05, 0) is 48.9 Å². The first kappa shape index (κ1) is 44.5. The molecular formula is C36H58CaO6S2. The van der Waals surface area contributed by atoms with Crippen molar-refractivity contribution in [2.45, 2.75) is 165 Å². The first-order valence-corrected chi connectivity index (χ1v) is 20.0. The average Bonchev–Trinajstić information content (AvgIpc) is 2.99. The van der Waals surface area contributed by atoms with Crippen molar-refractivity contribution in [2.24, 2.45) is 0 Å². The summed E-state index contributed by atoms with van der Waals surface area (Å²) in [4.78, 5) is -0.100. The van der Waals surface area contributed by atoms with Gasteiger partial charge in [0.15, 0.2) is 0 Å². The summed E-state index contributed by atoms with van der Waals surface area (Å²) < 4.78 is 67.1. The summed E-state index contributed by atoms with van der Waals surface area (Å²) >= 11 is 0. The fourth-order valence-corrected chi connectivity index (χ4v) is 6.99. The molecule has 0 aliphatic rings. The minimum atomic E-state index is -4.35. The molecule has 0 heterocycles. The van der Waals surface area contributed by atoms with Crippen LogP contribution in [-0.2, 0) is 33.1 Å². The molecule has 0 unspecified atom stereocenters. The van der Waals surface area contributed by atoms with E-state index in [9.17, 15) is 25.9 Å². The fraction of sp³-hybridized carbons (Fsp3) is 0.667. The Kier molecular flexibility index (Phi) is 27.2. The molecular weight excluding hydrogens is 633 g/mol. The number of hydrogen-bond acceptors (Lipinski definition) is 6. The van der Waals surface area contributed by atoms with Crippen molar-refractivity contribution in [3.63, 3.8) is 0 Å². The predicted molar refractivity (Wildman–Crippen MR) is 186 cm³/mol. The zero-order valence-corrected chi connectivity index (χ0v) is 32.0. The number of benzene rings is 2. The van der Waals surface area contributed by atoms with Crippen molar-refractivity contribution in [2.75, 3.05) is 0 Å². The number of aryl methyl sites for hydroxylation is 2. The Morgan fingerprint density at radius 2 is 0.667 bits per heavy atom. The van der Waals surface area contributed by atoms with E-state index in [4.69, 9.17) is 0 Å². The molecule has 0 radical (unpaired) electrons. The molecule has 0 saturated carbocycles. The van der Waals surface area contributed by atoms with E-state index >= 15 is 0 Å². The van der Waals surface area contributed by atoms with E-state index < -0.39 is 20.2 Å². The smallest absolute Gasteiger partial charge is 0.744 e. The van der Waals surface area contributed by atoms with Crippen molar-refractivity contribution < 1.29 is 25.9 Å². The van der Waals surface area contributed by atoms with Gasteiger partial charge in [0.1, 0.15) is 20.2 Å². The van der Waals surface area contributed by atoms with Crippen LogP contribution in [0.3, 0.4) is 0 Å². The number of rotatable bonds is 24. The van der Waals surface area contributed by atoms with Crippen LogP contribution in [0.4, 0.5) is 0 Å². The van der Waals surface area contributed by atoms with Crippen molar-refractivity contribution in [3.05, 3.63) is 59.7 Å². The molecule has 0 aliphatic carbocycles. The number of unbranched alkanes of at least 4 members (excludes halogenated alkanes) is 18. The van der Waals surface area contributed by atoms with Gasteiger partial charge in [-0.3, -0.25) is 0 Å². The number of hydrogen-bond donors (Lipinski definition) is 0. The Hall–Kier alpha value is -0.480. The molecule has 0 aromatic heterocycles. The minimum absolute atomic E-state index is 0. The van der Waals surface area contributed by atoms with Gasteiger partial charge < -0.3 is 9.11 Å². The summed E-state index contributed by atoms with van der Waals surface area (Å²) in [6.45, 7) is 4.46. The second-order valence-electron chi connectivity index (χ2n) is 12.0. The van der Waals surface area contributed by atoms with Crippen LogP contribution in [0.15, 0.2) is 58.3 Å². The molecule has 0 atom stereocenters. The van der Waals surface area contributed by atoms with E-state index in [1.54, 1.807) is 36.4 Å². The van der Waals surface area contributed by atoms with Gasteiger partial charge in [0.2, 0.25) is 0 Å². The molecule has 0 saturated heterocycles. The Morgan fingerprint density at radius 1 is 0.422 bits per heavy atom. The van der Waals surface area contributed by atoms with Crippen molar-refractivity contribution in [1.82, 2.24) is 0 Å². The maximum absolute atomic E-state index is 11.2. The first-order chi connectivity index (χ1) is 21.1. The molecule has 0 N–H and O–H groups in total. The third kappa shape index (κ3) is 22.7. The normalized spacial score (nSPS) is 11.5. The fourth-order valence-electron chi connectivity index (χ4n) is 5.51. The third-order valence-electron chi connectivity index (χ3n) is 8.08. The second-order valence-corrected chi connectivity index (χ2v) is 14.7. The predicted octanol–water partition coefficient (Wildman–Crippen LogP) is 9.73. The maximum atomic E-state index is 11.2. The van der Waals surface area contributed by atoms with Gasteiger partial charge in [-0.1, -0.05) is 166 Å². The van der Waals surface area contributed by atoms with Gasteiger partial charge >= 0.3 is 37.7 Å². The van der Waals surface area contributed by atoms with E-state index in [0.29, 0.717) is 24.0 Å². The summed E-state index contributed by atoms with van der Waals surface area (Å²) in [5.41, 5.74) is 1.33. The van der Waals surface area contributed by atoms with E-state index in [-0.39, 0.29) is 47.5 Å². The summed E-state index contributed by atoms with van der Waals surface area (Å²) in [5, 5.41) is 0. The van der Waals surface area contributed by atoms with E-state index in [0.717, 1.165) is 25.7 Å². The molecule has 9 heteroatoms. The van der Waals surface area contributed by atoms with Gasteiger partial charge in [-0.15, -0.1) is 0 Å². The maximum Gasteiger partial charge on any atom is 2.00 e. The van der Waals surface area contributed by atoms with E-state index in [2.05, 4.69) is 13.8 Å². The van der Waals surface area contributed by atoms with E-state index in [1.165, 1.54) is 115 Å². The SMILES string of the molecule is CCCCCCCCCCCCc1ccccc1S(=O)(=O)[O-].CCCCCCCCCCCCc1ccccc1S(=O)(=O)[O-].[Ca+2]. The summed E-state index contributed by atoms with van der Waals surface area (Å²) in [6.07, 6.45) is 26.3. The van der Waals surface area contributed by atoms with Gasteiger partial charge in [-0.25, -0.2) is 16.8 Å². The van der Waals surface area contributed by atoms with Crippen LogP contribution >= 0.6 is 0 Å². The monoisotopic (exact) mass is 690 g/mol. The van der Waals surface area contributed by atoms with Crippen molar-refractivity contribution >= 4 is 58.0 Å². The molecule has 45 heavy (non-hydrogen) atoms. The molecule has 0 amide bonds. The second kappa shape index (κ2) is 27.5. The molecule has 2 aromatic rings. The summed E-state index contributed by atoms with van der Waals surface area (Å²) in [7, 11) is -8.69. The van der Waals surface area contributed by atoms with Gasteiger partial charge in [0, 0.05) is 0 Å². The zero-order chi connectivity index (χ0) is 32.5. The Balaban J connectivity index is 0.000000842. The van der Waals surface area contributed by atoms with E-state index in [1.807, 2.05) is 0 Å². The molecule has 0 fully saturated rings. The van der Waals surface area contributed by atoms with Crippen LogP contribution in [0.25, 0.3) is 0 Å². The quantitative estimate of drug-likeness (QED) is 0.0615. The Labute approximate surface area is 306 Å². The standard InChI is InChI=1S/2C18H30O3S.Ca/c2*1-2-3-4-5-6-7-8-9-10-11-14-17-15-12-13-16-18(17)22(19,20)21;/h2*12-13,15-16H,2-11,14H2,1H3,(H,19,20,21);/q;;+2/p-2. The van der Waals surface area contributed by atoms with Crippen LogP contribution in [-0.4, -0.2) is 63.7 Å². The Bertz CT molecular complexity index is 1120. The summed E-state index contributed by atoms with van der Waals surface area (Å²) in [6, 6.07) is 13.1. The molecule has 0 spiro atoms. The minimum Gasteiger partial charge on any atom is -0.744 e. The molecule has 6 nitrogen and oxygen atoms in total. The van der Waals surface area contributed by atoms with Crippen LogP contribution in [0.1, 0.15) is 153 Å². The van der Waals surface area contributed by atoms with Crippen molar-refractivity contribution in [3.8, 4) is 0 Å². The van der Waals surface area contributed by atoms with Gasteiger partial charge in [0.05, 0.1) is 9.79 Å². The van der Waals surface area contributed by atoms with Crippen LogP contribution < -0.4 is 0 Å². The zero-order valence-electron chi connectivity index (χ0n) is 28.1. The van der Waals surface area contributed by atoms with Crippen LogP contribution in [0.2, 0.25) is 0 Å². The van der Waals surface area contributed by atoms with Gasteiger partial charge in [0.25, 0.3) is 0 Å². The molecule has 0 aliphatic heterocycles. The summed E-state index contributed by atoms with van der Waals surface area (Å²) in [5.74, 6) is 0.